The van der Waals surface area contributed by atoms with Gasteiger partial charge in [0.05, 0.1) is 6.04 Å². The maximum absolute atomic E-state index is 4.39. The van der Waals surface area contributed by atoms with Crippen molar-refractivity contribution in [2.45, 2.75) is 32.2 Å². The van der Waals surface area contributed by atoms with Crippen molar-refractivity contribution in [1.82, 2.24) is 9.78 Å². The van der Waals surface area contributed by atoms with Crippen molar-refractivity contribution in [3.8, 4) is 0 Å². The van der Waals surface area contributed by atoms with Gasteiger partial charge in [0.15, 0.2) is 0 Å². The minimum Gasteiger partial charge on any atom is -0.362 e. The third-order valence-corrected chi connectivity index (χ3v) is 3.08. The number of aromatic nitrogens is 2. The Labute approximate surface area is 109 Å². The Kier molecular flexibility index (Phi) is 4.40. The van der Waals surface area contributed by atoms with E-state index in [0.29, 0.717) is 6.04 Å². The molecule has 18 heavy (non-hydrogen) atoms. The highest BCUT2D eigenvalue weighted by Crippen LogP contribution is 2.23. The zero-order valence-corrected chi connectivity index (χ0v) is 11.1. The second kappa shape index (κ2) is 6.24. The Morgan fingerprint density at radius 3 is 2.61 bits per heavy atom. The zero-order valence-electron chi connectivity index (χ0n) is 11.1. The molecule has 1 N–H and O–H groups in total. The lowest BCUT2D eigenvalue weighted by molar-refractivity contribution is 0.630. The molecule has 0 aliphatic heterocycles. The smallest absolute Gasteiger partial charge is 0.148 e. The summed E-state index contributed by atoms with van der Waals surface area (Å²) in [5.74, 6) is 0.947. The number of unbranched alkanes of at least 4 members (excludes halogenated alkanes) is 1. The molecule has 0 spiro atoms. The number of hydrogen-bond acceptors (Lipinski definition) is 2. The van der Waals surface area contributed by atoms with E-state index in [-0.39, 0.29) is 0 Å². The van der Waals surface area contributed by atoms with E-state index in [0.717, 1.165) is 12.2 Å². The van der Waals surface area contributed by atoms with Gasteiger partial charge in [0.1, 0.15) is 5.82 Å². The lowest BCUT2D eigenvalue weighted by Gasteiger charge is -2.18. The molecule has 0 bridgehead atoms. The third kappa shape index (κ3) is 3.36. The van der Waals surface area contributed by atoms with Gasteiger partial charge in [-0.3, -0.25) is 4.68 Å². The lowest BCUT2D eigenvalue weighted by Crippen LogP contribution is -2.11. The van der Waals surface area contributed by atoms with Crippen LogP contribution in [0.4, 0.5) is 5.82 Å². The molecule has 1 aromatic heterocycles. The molecule has 3 nitrogen and oxygen atoms in total. The molecule has 2 rings (SSSR count). The number of benzene rings is 1. The largest absolute Gasteiger partial charge is 0.362 e. The van der Waals surface area contributed by atoms with Crippen molar-refractivity contribution in [3.05, 3.63) is 48.2 Å². The first-order valence-corrected chi connectivity index (χ1v) is 6.60. The molecule has 0 amide bonds. The average Bonchev–Trinajstić information content (AvgIpc) is 2.81. The highest BCUT2D eigenvalue weighted by Gasteiger charge is 2.11. The van der Waals surface area contributed by atoms with Crippen LogP contribution in [-0.2, 0) is 7.05 Å². The minimum absolute atomic E-state index is 0.348. The average molecular weight is 243 g/mol. The van der Waals surface area contributed by atoms with Crippen LogP contribution < -0.4 is 5.32 Å². The van der Waals surface area contributed by atoms with Gasteiger partial charge in [-0.25, -0.2) is 0 Å². The van der Waals surface area contributed by atoms with Crippen LogP contribution in [0.1, 0.15) is 37.8 Å². The molecule has 0 saturated carbocycles. The number of hydrogen-bond donors (Lipinski definition) is 1. The summed E-state index contributed by atoms with van der Waals surface area (Å²) in [5.41, 5.74) is 1.33. The molecular weight excluding hydrogens is 222 g/mol. The Hall–Kier alpha value is -1.77. The number of nitrogens with zero attached hydrogens (tertiary/aromatic N) is 2. The summed E-state index contributed by atoms with van der Waals surface area (Å²) in [6.07, 6.45) is 5.54. The fraction of sp³-hybridized carbons (Fsp3) is 0.400. The summed E-state index contributed by atoms with van der Waals surface area (Å²) in [5, 5.41) is 7.91. The van der Waals surface area contributed by atoms with Crippen LogP contribution in [0.5, 0.6) is 0 Å². The van der Waals surface area contributed by atoms with Gasteiger partial charge in [0.2, 0.25) is 0 Å². The third-order valence-electron chi connectivity index (χ3n) is 3.08. The molecular formula is C15H21N3. The molecule has 0 radical (unpaired) electrons. The van der Waals surface area contributed by atoms with Gasteiger partial charge in [0, 0.05) is 19.3 Å². The van der Waals surface area contributed by atoms with Gasteiger partial charge in [-0.05, 0) is 12.0 Å². The van der Waals surface area contributed by atoms with Gasteiger partial charge in [-0.15, -0.1) is 0 Å². The first-order chi connectivity index (χ1) is 8.79. The molecule has 0 aliphatic rings. The van der Waals surface area contributed by atoms with Crippen LogP contribution in [0.15, 0.2) is 42.6 Å². The van der Waals surface area contributed by atoms with Crippen molar-refractivity contribution in [2.24, 2.45) is 7.05 Å². The van der Waals surface area contributed by atoms with Crippen LogP contribution in [-0.4, -0.2) is 9.78 Å². The van der Waals surface area contributed by atoms with Gasteiger partial charge in [0.25, 0.3) is 0 Å². The van der Waals surface area contributed by atoms with Gasteiger partial charge < -0.3 is 5.32 Å². The monoisotopic (exact) mass is 243 g/mol. The molecule has 0 aliphatic carbocycles. The van der Waals surface area contributed by atoms with Crippen molar-refractivity contribution < 1.29 is 0 Å². The maximum atomic E-state index is 4.39. The van der Waals surface area contributed by atoms with E-state index in [1.165, 1.54) is 18.4 Å². The van der Waals surface area contributed by atoms with Crippen LogP contribution in [0.25, 0.3) is 0 Å². The second-order valence-electron chi connectivity index (χ2n) is 4.62. The molecule has 96 valence electrons. The fourth-order valence-corrected chi connectivity index (χ4v) is 2.09. The predicted octanol–water partition coefficient (Wildman–Crippen LogP) is 3.76. The van der Waals surface area contributed by atoms with Crippen LogP contribution in [0.3, 0.4) is 0 Å². The van der Waals surface area contributed by atoms with E-state index < -0.39 is 0 Å². The summed E-state index contributed by atoms with van der Waals surface area (Å²) in [6.45, 7) is 2.23. The Bertz CT molecular complexity index is 462. The molecule has 1 unspecified atom stereocenters. The number of anilines is 1. The summed E-state index contributed by atoms with van der Waals surface area (Å²) >= 11 is 0. The van der Waals surface area contributed by atoms with E-state index in [9.17, 15) is 0 Å². The fourth-order valence-electron chi connectivity index (χ4n) is 2.09. The number of aryl methyl sites for hydroxylation is 1. The maximum Gasteiger partial charge on any atom is 0.148 e. The molecule has 0 saturated heterocycles. The molecule has 1 heterocycles. The molecule has 2 aromatic rings. The normalized spacial score (nSPS) is 12.3. The van der Waals surface area contributed by atoms with E-state index >= 15 is 0 Å². The van der Waals surface area contributed by atoms with Crippen molar-refractivity contribution in [1.29, 1.82) is 0 Å². The first kappa shape index (κ1) is 12.7. The molecule has 0 fully saturated rings. The quantitative estimate of drug-likeness (QED) is 0.837. The Balaban J connectivity index is 2.10. The van der Waals surface area contributed by atoms with Crippen LogP contribution in [0.2, 0.25) is 0 Å². The Morgan fingerprint density at radius 1 is 1.22 bits per heavy atom. The first-order valence-electron chi connectivity index (χ1n) is 6.60. The predicted molar refractivity (Wildman–Crippen MR) is 75.5 cm³/mol. The molecule has 1 aromatic carbocycles. The molecule has 3 heteroatoms. The number of rotatable bonds is 6. The molecule has 1 atom stereocenters. The lowest BCUT2D eigenvalue weighted by atomic mass is 10.0. The summed E-state index contributed by atoms with van der Waals surface area (Å²) < 4.78 is 1.82. The highest BCUT2D eigenvalue weighted by atomic mass is 15.3. The van der Waals surface area contributed by atoms with E-state index in [2.05, 4.69) is 47.7 Å². The SMILES string of the molecule is CCCCC(Nc1ccn(C)n1)c1ccccc1. The topological polar surface area (TPSA) is 29.9 Å². The summed E-state index contributed by atoms with van der Waals surface area (Å²) in [6, 6.07) is 13.0. The second-order valence-corrected chi connectivity index (χ2v) is 4.62. The van der Waals surface area contributed by atoms with Gasteiger partial charge in [-0.2, -0.15) is 5.10 Å². The standard InChI is InChI=1S/C15H21N3/c1-3-4-10-14(13-8-6-5-7-9-13)16-15-11-12-18(2)17-15/h5-9,11-12,14H,3-4,10H2,1-2H3,(H,16,17). The van der Waals surface area contributed by atoms with Gasteiger partial charge >= 0.3 is 0 Å². The van der Waals surface area contributed by atoms with E-state index in [4.69, 9.17) is 0 Å². The van der Waals surface area contributed by atoms with Crippen molar-refractivity contribution in [3.63, 3.8) is 0 Å². The summed E-state index contributed by atoms with van der Waals surface area (Å²) in [7, 11) is 1.94. The highest BCUT2D eigenvalue weighted by molar-refractivity contribution is 5.37. The minimum atomic E-state index is 0.348. The number of nitrogens with one attached hydrogen (secondary N) is 1. The van der Waals surface area contributed by atoms with E-state index in [1.807, 2.05) is 24.0 Å². The van der Waals surface area contributed by atoms with E-state index in [1.54, 1.807) is 0 Å². The van der Waals surface area contributed by atoms with Gasteiger partial charge in [-0.1, -0.05) is 50.1 Å². The van der Waals surface area contributed by atoms with Crippen molar-refractivity contribution in [2.75, 3.05) is 5.32 Å². The van der Waals surface area contributed by atoms with Crippen molar-refractivity contribution >= 4 is 5.82 Å². The van der Waals surface area contributed by atoms with Crippen LogP contribution in [0, 0.1) is 0 Å². The zero-order chi connectivity index (χ0) is 12.8. The Morgan fingerprint density at radius 2 is 2.00 bits per heavy atom. The van der Waals surface area contributed by atoms with Crippen LogP contribution >= 0.6 is 0 Å². The summed E-state index contributed by atoms with van der Waals surface area (Å²) in [4.78, 5) is 0.